The average Bonchev–Trinajstić information content (AvgIpc) is 3.40. The standard InChI is InChI=1S/C27H35N3O2S/c1-17(2)13-19-14-22-18(15-23(19)32-7)10-11-21-20(16-25(31)29(6)27(3,4)5)28-26(30(21)22)24-9-8-12-33-24/h8-9,12,14-15,17H,10-11,13,16H2,1-7H3. The van der Waals surface area contributed by atoms with Crippen LogP contribution in [0.1, 0.15) is 57.1 Å². The van der Waals surface area contributed by atoms with E-state index in [1.54, 1.807) is 18.4 Å². The van der Waals surface area contributed by atoms with Crippen molar-refractivity contribution in [2.24, 2.45) is 5.92 Å². The highest BCUT2D eigenvalue weighted by molar-refractivity contribution is 7.13. The van der Waals surface area contributed by atoms with Gasteiger partial charge in [-0.3, -0.25) is 9.36 Å². The Labute approximate surface area is 201 Å². The number of nitrogens with zero attached hydrogens (tertiary/aromatic N) is 3. The van der Waals surface area contributed by atoms with Crippen molar-refractivity contribution in [3.63, 3.8) is 0 Å². The number of likely N-dealkylation sites (N-methyl/N-ethyl adjacent to an activating group) is 1. The first-order valence-corrected chi connectivity index (χ1v) is 12.6. The maximum absolute atomic E-state index is 13.1. The SMILES string of the molecule is COc1cc2c(cc1CC(C)C)-n1c(-c3cccs3)nc(CC(=O)N(C)C(C)(C)C)c1CC2. The molecule has 1 aliphatic rings. The molecule has 0 saturated carbocycles. The van der Waals surface area contributed by atoms with Gasteiger partial charge in [0.15, 0.2) is 5.82 Å². The Kier molecular flexibility index (Phi) is 6.41. The molecule has 33 heavy (non-hydrogen) atoms. The summed E-state index contributed by atoms with van der Waals surface area (Å²) in [5.74, 6) is 2.52. The van der Waals surface area contributed by atoms with E-state index < -0.39 is 0 Å². The summed E-state index contributed by atoms with van der Waals surface area (Å²) in [5.41, 5.74) is 5.49. The molecule has 2 aromatic heterocycles. The Morgan fingerprint density at radius 3 is 2.64 bits per heavy atom. The Morgan fingerprint density at radius 2 is 2.03 bits per heavy atom. The van der Waals surface area contributed by atoms with E-state index in [0.29, 0.717) is 12.3 Å². The second-order valence-electron chi connectivity index (χ2n) is 10.3. The van der Waals surface area contributed by atoms with Gasteiger partial charge in [0.05, 0.1) is 29.8 Å². The van der Waals surface area contributed by atoms with Gasteiger partial charge in [-0.25, -0.2) is 4.98 Å². The second kappa shape index (κ2) is 8.98. The van der Waals surface area contributed by atoms with Gasteiger partial charge >= 0.3 is 0 Å². The summed E-state index contributed by atoms with van der Waals surface area (Å²) in [6.45, 7) is 10.6. The molecule has 1 amide bonds. The van der Waals surface area contributed by atoms with E-state index >= 15 is 0 Å². The Hall–Kier alpha value is -2.60. The highest BCUT2D eigenvalue weighted by Gasteiger charge is 2.30. The van der Waals surface area contributed by atoms with Crippen LogP contribution in [0.2, 0.25) is 0 Å². The predicted octanol–water partition coefficient (Wildman–Crippen LogP) is 5.71. The molecule has 5 nitrogen and oxygen atoms in total. The molecule has 6 heteroatoms. The average molecular weight is 466 g/mol. The van der Waals surface area contributed by atoms with Crippen molar-refractivity contribution in [2.75, 3.05) is 14.2 Å². The first kappa shape index (κ1) is 23.6. The quantitative estimate of drug-likeness (QED) is 0.469. The third-order valence-corrected chi connectivity index (χ3v) is 7.34. The predicted molar refractivity (Wildman–Crippen MR) is 136 cm³/mol. The Balaban J connectivity index is 1.85. The molecule has 176 valence electrons. The Bertz CT molecular complexity index is 1150. The van der Waals surface area contributed by atoms with E-state index in [4.69, 9.17) is 9.72 Å². The maximum Gasteiger partial charge on any atom is 0.228 e. The number of hydrogen-bond acceptors (Lipinski definition) is 4. The zero-order valence-corrected chi connectivity index (χ0v) is 21.7. The molecule has 0 bridgehead atoms. The van der Waals surface area contributed by atoms with E-state index in [-0.39, 0.29) is 11.4 Å². The van der Waals surface area contributed by atoms with Gasteiger partial charge in [-0.1, -0.05) is 19.9 Å². The van der Waals surface area contributed by atoms with Crippen LogP contribution >= 0.6 is 11.3 Å². The third-order valence-electron chi connectivity index (χ3n) is 6.48. The molecule has 0 aliphatic carbocycles. The molecule has 4 rings (SSSR count). The van der Waals surface area contributed by atoms with Gasteiger partial charge < -0.3 is 9.64 Å². The first-order chi connectivity index (χ1) is 15.6. The number of carbonyl (C=O) groups excluding carboxylic acids is 1. The van der Waals surface area contributed by atoms with Gasteiger partial charge in [0, 0.05) is 18.3 Å². The lowest BCUT2D eigenvalue weighted by Crippen LogP contribution is -2.43. The zero-order valence-electron chi connectivity index (χ0n) is 20.9. The molecule has 3 aromatic rings. The number of amides is 1. The lowest BCUT2D eigenvalue weighted by Gasteiger charge is -2.32. The molecule has 0 atom stereocenters. The summed E-state index contributed by atoms with van der Waals surface area (Å²) in [6.07, 6.45) is 3.05. The molecule has 0 unspecified atom stereocenters. The molecule has 0 fully saturated rings. The van der Waals surface area contributed by atoms with E-state index in [2.05, 4.69) is 68.8 Å². The fourth-order valence-electron chi connectivity index (χ4n) is 4.47. The summed E-state index contributed by atoms with van der Waals surface area (Å²) >= 11 is 1.69. The summed E-state index contributed by atoms with van der Waals surface area (Å²) in [7, 11) is 3.63. The number of methoxy groups -OCH3 is 1. The number of fused-ring (bicyclic) bond motifs is 3. The lowest BCUT2D eigenvalue weighted by atomic mass is 9.94. The second-order valence-corrected chi connectivity index (χ2v) is 11.3. The van der Waals surface area contributed by atoms with Crippen LogP contribution in [0.25, 0.3) is 16.4 Å². The number of ether oxygens (including phenoxy) is 1. The van der Waals surface area contributed by atoms with Gasteiger partial charge in [-0.15, -0.1) is 11.3 Å². The van der Waals surface area contributed by atoms with Crippen molar-refractivity contribution in [2.45, 2.75) is 65.8 Å². The summed E-state index contributed by atoms with van der Waals surface area (Å²) in [4.78, 5) is 21.1. The highest BCUT2D eigenvalue weighted by Crippen LogP contribution is 2.38. The molecule has 0 radical (unpaired) electrons. The summed E-state index contributed by atoms with van der Waals surface area (Å²) in [6, 6.07) is 8.65. The fraction of sp³-hybridized carbons (Fsp3) is 0.481. The van der Waals surface area contributed by atoms with Crippen LogP contribution in [0.5, 0.6) is 5.75 Å². The number of aryl methyl sites for hydroxylation is 1. The van der Waals surface area contributed by atoms with Crippen LogP contribution in [-0.2, 0) is 30.5 Å². The number of rotatable bonds is 6. The van der Waals surface area contributed by atoms with Gasteiger partial charge in [0.1, 0.15) is 5.75 Å². The van der Waals surface area contributed by atoms with Gasteiger partial charge in [0.25, 0.3) is 0 Å². The zero-order chi connectivity index (χ0) is 23.9. The van der Waals surface area contributed by atoms with Crippen LogP contribution in [-0.4, -0.2) is 40.1 Å². The van der Waals surface area contributed by atoms with Gasteiger partial charge in [-0.2, -0.15) is 0 Å². The molecule has 0 N–H and O–H groups in total. The van der Waals surface area contributed by atoms with E-state index in [1.807, 2.05) is 11.9 Å². The monoisotopic (exact) mass is 465 g/mol. The molecular formula is C27H35N3O2S. The lowest BCUT2D eigenvalue weighted by molar-refractivity contribution is -0.133. The van der Waals surface area contributed by atoms with Crippen LogP contribution in [0, 0.1) is 5.92 Å². The molecule has 0 spiro atoms. The Morgan fingerprint density at radius 1 is 1.27 bits per heavy atom. The van der Waals surface area contributed by atoms with E-state index in [1.165, 1.54) is 16.8 Å². The molecule has 1 aromatic carbocycles. The number of thiophene rings is 1. The maximum atomic E-state index is 13.1. The molecule has 0 saturated heterocycles. The van der Waals surface area contributed by atoms with Crippen molar-refractivity contribution in [1.82, 2.24) is 14.5 Å². The minimum atomic E-state index is -0.220. The summed E-state index contributed by atoms with van der Waals surface area (Å²) in [5, 5.41) is 2.08. The minimum Gasteiger partial charge on any atom is -0.496 e. The molecule has 3 heterocycles. The van der Waals surface area contributed by atoms with Crippen LogP contribution in [0.4, 0.5) is 0 Å². The highest BCUT2D eigenvalue weighted by atomic mass is 32.1. The van der Waals surface area contributed by atoms with Crippen LogP contribution in [0.3, 0.4) is 0 Å². The van der Waals surface area contributed by atoms with E-state index in [9.17, 15) is 4.79 Å². The third kappa shape index (κ3) is 4.58. The number of imidazole rings is 1. The normalized spacial score (nSPS) is 13.1. The number of aromatic nitrogens is 2. The summed E-state index contributed by atoms with van der Waals surface area (Å²) < 4.78 is 8.05. The van der Waals surface area contributed by atoms with Crippen LogP contribution in [0.15, 0.2) is 29.6 Å². The van der Waals surface area contributed by atoms with Crippen molar-refractivity contribution >= 4 is 17.2 Å². The first-order valence-electron chi connectivity index (χ1n) is 11.7. The van der Waals surface area contributed by atoms with E-state index in [0.717, 1.165) is 47.1 Å². The number of carbonyl (C=O) groups is 1. The van der Waals surface area contributed by atoms with Crippen molar-refractivity contribution in [3.8, 4) is 22.1 Å². The largest absolute Gasteiger partial charge is 0.496 e. The smallest absolute Gasteiger partial charge is 0.228 e. The molecular weight excluding hydrogens is 430 g/mol. The van der Waals surface area contributed by atoms with Crippen molar-refractivity contribution in [3.05, 3.63) is 52.2 Å². The number of benzene rings is 1. The van der Waals surface area contributed by atoms with Gasteiger partial charge in [0.2, 0.25) is 5.91 Å². The van der Waals surface area contributed by atoms with Crippen molar-refractivity contribution < 1.29 is 9.53 Å². The minimum absolute atomic E-state index is 0.0992. The fourth-order valence-corrected chi connectivity index (χ4v) is 5.17. The molecule has 1 aliphatic heterocycles. The topological polar surface area (TPSA) is 47.4 Å². The van der Waals surface area contributed by atoms with Gasteiger partial charge in [-0.05, 0) is 80.7 Å². The van der Waals surface area contributed by atoms with Crippen molar-refractivity contribution in [1.29, 1.82) is 0 Å². The van der Waals surface area contributed by atoms with Crippen LogP contribution < -0.4 is 4.74 Å². The number of hydrogen-bond donors (Lipinski definition) is 0.